The summed E-state index contributed by atoms with van der Waals surface area (Å²) < 4.78 is 0. The van der Waals surface area contributed by atoms with E-state index in [1.807, 2.05) is 18.8 Å². The van der Waals surface area contributed by atoms with E-state index >= 15 is 0 Å². The monoisotopic (exact) mass is 359 g/mol. The SMILES string of the molecule is CCCCN(C)C(=NC)NCC(C)SC.I. The van der Waals surface area contributed by atoms with Crippen LogP contribution >= 0.6 is 35.7 Å². The van der Waals surface area contributed by atoms with Crippen molar-refractivity contribution in [1.82, 2.24) is 10.2 Å². The van der Waals surface area contributed by atoms with Crippen LogP contribution in [0.5, 0.6) is 0 Å². The van der Waals surface area contributed by atoms with Gasteiger partial charge in [-0.3, -0.25) is 4.99 Å². The quantitative estimate of drug-likeness (QED) is 0.449. The summed E-state index contributed by atoms with van der Waals surface area (Å²) >= 11 is 1.87. The average molecular weight is 359 g/mol. The van der Waals surface area contributed by atoms with Crippen LogP contribution in [0.2, 0.25) is 0 Å². The van der Waals surface area contributed by atoms with Gasteiger partial charge < -0.3 is 10.2 Å². The molecule has 0 fully saturated rings. The minimum Gasteiger partial charge on any atom is -0.355 e. The first-order valence-electron chi connectivity index (χ1n) is 5.60. The van der Waals surface area contributed by atoms with Gasteiger partial charge in [-0.15, -0.1) is 24.0 Å². The maximum atomic E-state index is 4.27. The van der Waals surface area contributed by atoms with E-state index in [0.29, 0.717) is 5.25 Å². The first kappa shape index (κ1) is 18.7. The highest BCUT2D eigenvalue weighted by Gasteiger charge is 2.06. The topological polar surface area (TPSA) is 27.6 Å². The summed E-state index contributed by atoms with van der Waals surface area (Å²) in [5.74, 6) is 1.00. The van der Waals surface area contributed by atoms with Crippen molar-refractivity contribution in [2.45, 2.75) is 31.9 Å². The molecule has 0 heterocycles. The number of thioether (sulfide) groups is 1. The molecular formula is C11H26IN3S. The Morgan fingerprint density at radius 3 is 2.56 bits per heavy atom. The second-order valence-corrected chi connectivity index (χ2v) is 5.03. The average Bonchev–Trinajstić information content (AvgIpc) is 2.26. The van der Waals surface area contributed by atoms with Gasteiger partial charge in [-0.1, -0.05) is 20.3 Å². The number of aliphatic imine (C=N–C) groups is 1. The Balaban J connectivity index is 0. The lowest BCUT2D eigenvalue weighted by atomic mass is 10.3. The number of halogens is 1. The first-order chi connectivity index (χ1) is 7.15. The highest BCUT2D eigenvalue weighted by Crippen LogP contribution is 2.02. The van der Waals surface area contributed by atoms with E-state index in [4.69, 9.17) is 0 Å². The van der Waals surface area contributed by atoms with Crippen LogP contribution < -0.4 is 5.32 Å². The molecule has 0 saturated carbocycles. The minimum absolute atomic E-state index is 0. The highest BCUT2D eigenvalue weighted by molar-refractivity contribution is 14.0. The van der Waals surface area contributed by atoms with Crippen LogP contribution in [0, 0.1) is 0 Å². The Kier molecular flexibility index (Phi) is 13.8. The number of unbranched alkanes of at least 4 members (excludes halogenated alkanes) is 1. The molecule has 5 heteroatoms. The van der Waals surface area contributed by atoms with Gasteiger partial charge in [0, 0.05) is 32.4 Å². The van der Waals surface area contributed by atoms with Crippen LogP contribution in [0.3, 0.4) is 0 Å². The van der Waals surface area contributed by atoms with E-state index in [-0.39, 0.29) is 24.0 Å². The highest BCUT2D eigenvalue weighted by atomic mass is 127. The molecule has 0 aliphatic rings. The van der Waals surface area contributed by atoms with Crippen molar-refractivity contribution < 1.29 is 0 Å². The predicted octanol–water partition coefficient (Wildman–Crippen LogP) is 2.66. The molecule has 0 spiro atoms. The maximum absolute atomic E-state index is 4.27. The van der Waals surface area contributed by atoms with Crippen LogP contribution in [0.25, 0.3) is 0 Å². The zero-order chi connectivity index (χ0) is 11.7. The standard InChI is InChI=1S/C11H25N3S.HI/c1-6-7-8-14(4)11(12-3)13-9-10(2)15-5;/h10H,6-9H2,1-5H3,(H,12,13);1H. The number of nitrogens with zero attached hydrogens (tertiary/aromatic N) is 2. The second kappa shape index (κ2) is 11.8. The van der Waals surface area contributed by atoms with E-state index in [9.17, 15) is 0 Å². The van der Waals surface area contributed by atoms with E-state index in [1.165, 1.54) is 12.8 Å². The fourth-order valence-corrected chi connectivity index (χ4v) is 1.45. The van der Waals surface area contributed by atoms with Gasteiger partial charge in [0.05, 0.1) is 0 Å². The van der Waals surface area contributed by atoms with E-state index in [2.05, 4.69) is 42.4 Å². The fourth-order valence-electron chi connectivity index (χ4n) is 1.20. The molecule has 3 nitrogen and oxygen atoms in total. The molecule has 1 N–H and O–H groups in total. The van der Waals surface area contributed by atoms with Crippen molar-refractivity contribution in [2.75, 3.05) is 33.4 Å². The molecule has 0 radical (unpaired) electrons. The van der Waals surface area contributed by atoms with Gasteiger partial charge >= 0.3 is 0 Å². The van der Waals surface area contributed by atoms with Crippen molar-refractivity contribution in [2.24, 2.45) is 4.99 Å². The molecule has 0 aliphatic carbocycles. The van der Waals surface area contributed by atoms with Crippen LogP contribution in [0.1, 0.15) is 26.7 Å². The summed E-state index contributed by atoms with van der Waals surface area (Å²) in [6, 6.07) is 0. The van der Waals surface area contributed by atoms with Gasteiger partial charge in [0.1, 0.15) is 0 Å². The summed E-state index contributed by atoms with van der Waals surface area (Å²) in [7, 11) is 3.93. The molecular weight excluding hydrogens is 333 g/mol. The van der Waals surface area contributed by atoms with Gasteiger partial charge in [-0.05, 0) is 12.7 Å². The molecule has 0 saturated heterocycles. The Labute approximate surface area is 122 Å². The minimum atomic E-state index is 0. The summed E-state index contributed by atoms with van der Waals surface area (Å²) in [4.78, 5) is 6.46. The molecule has 0 bridgehead atoms. The predicted molar refractivity (Wildman–Crippen MR) is 87.3 cm³/mol. The molecule has 0 amide bonds. The third-order valence-corrected chi connectivity index (χ3v) is 3.34. The third-order valence-electron chi connectivity index (χ3n) is 2.37. The van der Waals surface area contributed by atoms with E-state index in [1.54, 1.807) is 0 Å². The van der Waals surface area contributed by atoms with Crippen molar-refractivity contribution in [3.8, 4) is 0 Å². The van der Waals surface area contributed by atoms with E-state index in [0.717, 1.165) is 19.0 Å². The number of rotatable bonds is 6. The summed E-state index contributed by atoms with van der Waals surface area (Å²) in [5.41, 5.74) is 0. The second-order valence-electron chi connectivity index (χ2n) is 3.75. The molecule has 0 rings (SSSR count). The van der Waals surface area contributed by atoms with Gasteiger partial charge in [-0.25, -0.2) is 0 Å². The molecule has 1 unspecified atom stereocenters. The van der Waals surface area contributed by atoms with E-state index < -0.39 is 0 Å². The molecule has 98 valence electrons. The molecule has 0 aromatic carbocycles. The zero-order valence-corrected chi connectivity index (χ0v) is 14.3. The first-order valence-corrected chi connectivity index (χ1v) is 6.89. The third kappa shape index (κ3) is 8.50. The van der Waals surface area contributed by atoms with Gasteiger partial charge in [0.25, 0.3) is 0 Å². The summed E-state index contributed by atoms with van der Waals surface area (Å²) in [6.07, 6.45) is 4.58. The molecule has 1 atom stereocenters. The summed E-state index contributed by atoms with van der Waals surface area (Å²) in [6.45, 7) is 6.48. The Morgan fingerprint density at radius 2 is 2.12 bits per heavy atom. The van der Waals surface area contributed by atoms with Gasteiger partial charge in [0.2, 0.25) is 0 Å². The number of hydrogen-bond acceptors (Lipinski definition) is 2. The fraction of sp³-hybridized carbons (Fsp3) is 0.909. The lowest BCUT2D eigenvalue weighted by Crippen LogP contribution is -2.41. The lowest BCUT2D eigenvalue weighted by molar-refractivity contribution is 0.465. The van der Waals surface area contributed by atoms with Crippen molar-refractivity contribution in [3.05, 3.63) is 0 Å². The number of nitrogens with one attached hydrogen (secondary N) is 1. The molecule has 0 aromatic heterocycles. The largest absolute Gasteiger partial charge is 0.355 e. The van der Waals surface area contributed by atoms with Gasteiger partial charge in [-0.2, -0.15) is 11.8 Å². The van der Waals surface area contributed by atoms with Crippen LogP contribution in [-0.4, -0.2) is 49.6 Å². The van der Waals surface area contributed by atoms with Crippen LogP contribution in [0.15, 0.2) is 4.99 Å². The smallest absolute Gasteiger partial charge is 0.193 e. The lowest BCUT2D eigenvalue weighted by Gasteiger charge is -2.22. The maximum Gasteiger partial charge on any atom is 0.193 e. The molecule has 0 aromatic rings. The number of hydrogen-bond donors (Lipinski definition) is 1. The Hall–Kier alpha value is 0.350. The zero-order valence-electron chi connectivity index (χ0n) is 11.1. The van der Waals surface area contributed by atoms with Crippen LogP contribution in [0.4, 0.5) is 0 Å². The van der Waals surface area contributed by atoms with Crippen LogP contribution in [-0.2, 0) is 0 Å². The van der Waals surface area contributed by atoms with Gasteiger partial charge in [0.15, 0.2) is 5.96 Å². The normalized spacial score (nSPS) is 12.9. The summed E-state index contributed by atoms with van der Waals surface area (Å²) in [5, 5.41) is 4.01. The van der Waals surface area contributed by atoms with Crippen molar-refractivity contribution >= 4 is 41.7 Å². The molecule has 16 heavy (non-hydrogen) atoms. The van der Waals surface area contributed by atoms with Crippen molar-refractivity contribution in [3.63, 3.8) is 0 Å². The Morgan fingerprint density at radius 1 is 1.50 bits per heavy atom. The molecule has 0 aliphatic heterocycles. The Bertz CT molecular complexity index is 188. The van der Waals surface area contributed by atoms with Crippen molar-refractivity contribution in [1.29, 1.82) is 0 Å². The number of guanidine groups is 1.